The monoisotopic (exact) mass is 277 g/mol. The fourth-order valence-corrected chi connectivity index (χ4v) is 2.48. The fourth-order valence-electron chi connectivity index (χ4n) is 2.48. The molecule has 0 aromatic heterocycles. The van der Waals surface area contributed by atoms with Crippen molar-refractivity contribution in [1.82, 2.24) is 0 Å². The Morgan fingerprint density at radius 1 is 1.20 bits per heavy atom. The highest BCUT2D eigenvalue weighted by Crippen LogP contribution is 2.32. The van der Waals surface area contributed by atoms with Gasteiger partial charge in [-0.1, -0.05) is 35.4 Å². The molecule has 20 heavy (non-hydrogen) atoms. The van der Waals surface area contributed by atoms with Crippen LogP contribution < -0.4 is 0 Å². The average Bonchev–Trinajstić information content (AvgIpc) is 2.51. The largest absolute Gasteiger partial charge is 0.390 e. The summed E-state index contributed by atoms with van der Waals surface area (Å²) in [5.74, 6) is 0. The maximum absolute atomic E-state index is 10.2. The first-order chi connectivity index (χ1) is 9.79. The summed E-state index contributed by atoms with van der Waals surface area (Å²) in [7, 11) is 0. The molecule has 2 aliphatic heterocycles. The van der Waals surface area contributed by atoms with E-state index in [0.29, 0.717) is 6.61 Å². The minimum Gasteiger partial charge on any atom is -0.390 e. The van der Waals surface area contributed by atoms with Crippen LogP contribution in [0, 0.1) is 0 Å². The standard InChI is InChI=1S/C13H15N3O4/c14-16-15-9-6-18-10-7-19-13(20-12(10)11(9)17)8-4-2-1-3-5-8/h1-5,9-13,17H,6-7H2/t9?,10?,11-,12+,13?/m1/s1. The van der Waals surface area contributed by atoms with Crippen LogP contribution in [0.5, 0.6) is 0 Å². The van der Waals surface area contributed by atoms with Gasteiger partial charge in [0.1, 0.15) is 12.2 Å². The van der Waals surface area contributed by atoms with E-state index in [1.54, 1.807) is 0 Å². The Morgan fingerprint density at radius 2 is 2.00 bits per heavy atom. The molecule has 3 unspecified atom stereocenters. The van der Waals surface area contributed by atoms with E-state index in [9.17, 15) is 5.11 Å². The maximum atomic E-state index is 10.2. The Labute approximate surface area is 115 Å². The number of nitrogens with zero attached hydrogens (tertiary/aromatic N) is 3. The normalized spacial score (nSPS) is 36.8. The predicted molar refractivity (Wildman–Crippen MR) is 68.7 cm³/mol. The van der Waals surface area contributed by atoms with E-state index in [-0.39, 0.29) is 12.7 Å². The zero-order valence-electron chi connectivity index (χ0n) is 10.7. The Morgan fingerprint density at radius 3 is 2.75 bits per heavy atom. The smallest absolute Gasteiger partial charge is 0.184 e. The van der Waals surface area contributed by atoms with Crippen molar-refractivity contribution in [3.63, 3.8) is 0 Å². The van der Waals surface area contributed by atoms with E-state index < -0.39 is 24.5 Å². The molecule has 1 aromatic carbocycles. The SMILES string of the molecule is [N-]=[N+]=NC1COC2COC(c3ccccc3)O[C@@H]2[C@@H]1O. The minimum absolute atomic E-state index is 0.176. The highest BCUT2D eigenvalue weighted by Gasteiger charge is 2.44. The van der Waals surface area contributed by atoms with Crippen LogP contribution in [-0.4, -0.2) is 42.7 Å². The van der Waals surface area contributed by atoms with E-state index in [0.717, 1.165) is 5.56 Å². The molecule has 0 saturated carbocycles. The number of hydrogen-bond acceptors (Lipinski definition) is 5. The Balaban J connectivity index is 1.75. The number of hydrogen-bond donors (Lipinski definition) is 1. The van der Waals surface area contributed by atoms with Crippen molar-refractivity contribution in [3.8, 4) is 0 Å². The molecule has 2 aliphatic rings. The minimum atomic E-state index is -0.889. The average molecular weight is 277 g/mol. The molecule has 0 bridgehead atoms. The summed E-state index contributed by atoms with van der Waals surface area (Å²) in [6, 6.07) is 8.86. The van der Waals surface area contributed by atoms with Gasteiger partial charge in [0.05, 0.1) is 25.4 Å². The van der Waals surface area contributed by atoms with Crippen molar-refractivity contribution in [1.29, 1.82) is 0 Å². The molecular formula is C13H15N3O4. The van der Waals surface area contributed by atoms with Crippen molar-refractivity contribution >= 4 is 0 Å². The van der Waals surface area contributed by atoms with Crippen LogP contribution in [0.15, 0.2) is 35.4 Å². The Hall–Kier alpha value is -1.63. The number of aliphatic hydroxyl groups is 1. The van der Waals surface area contributed by atoms with Crippen LogP contribution in [0.25, 0.3) is 10.4 Å². The van der Waals surface area contributed by atoms with Crippen LogP contribution in [0.3, 0.4) is 0 Å². The van der Waals surface area contributed by atoms with Crippen molar-refractivity contribution in [2.45, 2.75) is 30.6 Å². The lowest BCUT2D eigenvalue weighted by Gasteiger charge is -2.43. The van der Waals surface area contributed by atoms with Gasteiger partial charge in [0.2, 0.25) is 0 Å². The highest BCUT2D eigenvalue weighted by atomic mass is 16.7. The van der Waals surface area contributed by atoms with E-state index >= 15 is 0 Å². The van der Waals surface area contributed by atoms with Gasteiger partial charge in [-0.15, -0.1) is 0 Å². The molecule has 0 radical (unpaired) electrons. The molecule has 5 atom stereocenters. The zero-order valence-corrected chi connectivity index (χ0v) is 10.7. The van der Waals surface area contributed by atoms with Gasteiger partial charge in [0.15, 0.2) is 6.29 Å². The van der Waals surface area contributed by atoms with Crippen LogP contribution in [-0.2, 0) is 14.2 Å². The van der Waals surface area contributed by atoms with Gasteiger partial charge in [-0.3, -0.25) is 0 Å². The number of rotatable bonds is 2. The summed E-state index contributed by atoms with van der Waals surface area (Å²) < 4.78 is 16.9. The lowest BCUT2D eigenvalue weighted by Crippen LogP contribution is -2.57. The summed E-state index contributed by atoms with van der Waals surface area (Å²) >= 11 is 0. The molecule has 7 heteroatoms. The van der Waals surface area contributed by atoms with Gasteiger partial charge < -0.3 is 19.3 Å². The molecule has 0 spiro atoms. The Bertz CT molecular complexity index is 506. The van der Waals surface area contributed by atoms with E-state index in [1.807, 2.05) is 30.3 Å². The van der Waals surface area contributed by atoms with E-state index in [2.05, 4.69) is 10.0 Å². The van der Waals surface area contributed by atoms with Crippen LogP contribution >= 0.6 is 0 Å². The quantitative estimate of drug-likeness (QED) is 0.503. The topological polar surface area (TPSA) is 96.7 Å². The molecule has 3 rings (SSSR count). The summed E-state index contributed by atoms with van der Waals surface area (Å²) in [4.78, 5) is 2.72. The fraction of sp³-hybridized carbons (Fsp3) is 0.538. The third kappa shape index (κ3) is 2.49. The van der Waals surface area contributed by atoms with Crippen molar-refractivity contribution in [3.05, 3.63) is 46.3 Å². The number of aliphatic hydroxyl groups excluding tert-OH is 1. The molecule has 1 aromatic rings. The van der Waals surface area contributed by atoms with Crippen molar-refractivity contribution in [2.75, 3.05) is 13.2 Å². The van der Waals surface area contributed by atoms with Crippen molar-refractivity contribution in [2.24, 2.45) is 5.11 Å². The van der Waals surface area contributed by atoms with Gasteiger partial charge in [-0.2, -0.15) is 0 Å². The third-order valence-corrected chi connectivity index (χ3v) is 3.54. The van der Waals surface area contributed by atoms with Gasteiger partial charge in [0, 0.05) is 10.5 Å². The van der Waals surface area contributed by atoms with E-state index in [4.69, 9.17) is 19.7 Å². The van der Waals surface area contributed by atoms with Gasteiger partial charge in [-0.05, 0) is 5.53 Å². The molecule has 0 amide bonds. The highest BCUT2D eigenvalue weighted by molar-refractivity contribution is 5.16. The van der Waals surface area contributed by atoms with Crippen LogP contribution in [0.2, 0.25) is 0 Å². The third-order valence-electron chi connectivity index (χ3n) is 3.54. The molecule has 0 aliphatic carbocycles. The van der Waals surface area contributed by atoms with Crippen molar-refractivity contribution < 1.29 is 19.3 Å². The first kappa shape index (κ1) is 13.4. The maximum Gasteiger partial charge on any atom is 0.184 e. The number of ether oxygens (including phenoxy) is 3. The lowest BCUT2D eigenvalue weighted by molar-refractivity contribution is -0.301. The van der Waals surface area contributed by atoms with Gasteiger partial charge in [0.25, 0.3) is 0 Å². The van der Waals surface area contributed by atoms with Crippen LogP contribution in [0.1, 0.15) is 11.9 Å². The predicted octanol–water partition coefficient (Wildman–Crippen LogP) is 1.54. The number of azide groups is 1. The number of fused-ring (bicyclic) bond motifs is 1. The van der Waals surface area contributed by atoms with Crippen LogP contribution in [0.4, 0.5) is 0 Å². The molecule has 1 N–H and O–H groups in total. The second-order valence-electron chi connectivity index (χ2n) is 4.81. The molecule has 106 valence electrons. The first-order valence-corrected chi connectivity index (χ1v) is 6.45. The second kappa shape index (κ2) is 5.78. The molecule has 7 nitrogen and oxygen atoms in total. The first-order valence-electron chi connectivity index (χ1n) is 6.45. The molecular weight excluding hydrogens is 262 g/mol. The summed E-state index contributed by atoms with van der Waals surface area (Å²) in [5.41, 5.74) is 9.37. The second-order valence-corrected chi connectivity index (χ2v) is 4.81. The van der Waals surface area contributed by atoms with E-state index in [1.165, 1.54) is 0 Å². The summed E-state index contributed by atoms with van der Waals surface area (Å²) in [6.07, 6.45) is -2.33. The molecule has 2 fully saturated rings. The van der Waals surface area contributed by atoms with Gasteiger partial charge in [-0.25, -0.2) is 0 Å². The number of benzene rings is 1. The Kier molecular flexibility index (Phi) is 3.86. The summed E-state index contributed by atoms with van der Waals surface area (Å²) in [5, 5.41) is 13.8. The lowest BCUT2D eigenvalue weighted by atomic mass is 9.98. The molecule has 2 heterocycles. The molecule has 2 saturated heterocycles. The zero-order chi connectivity index (χ0) is 13.9. The summed E-state index contributed by atoms with van der Waals surface area (Å²) in [6.45, 7) is 0.513. The van der Waals surface area contributed by atoms with Gasteiger partial charge >= 0.3 is 0 Å².